The standard InChI is InChI=1S/C15H12Br2FNO2/c1-15(14(20)21,12-8-10(17)5-6-13(12)18)19-11-4-2-3-9(16)7-11/h2-8,19H,1H3,(H,20,21). The van der Waals surface area contributed by atoms with E-state index in [4.69, 9.17) is 0 Å². The summed E-state index contributed by atoms with van der Waals surface area (Å²) in [5, 5.41) is 12.5. The molecular formula is C15H12Br2FNO2. The van der Waals surface area contributed by atoms with E-state index in [9.17, 15) is 14.3 Å². The second-order valence-electron chi connectivity index (χ2n) is 4.69. The van der Waals surface area contributed by atoms with Gasteiger partial charge in [0, 0.05) is 20.2 Å². The number of nitrogens with one attached hydrogen (secondary N) is 1. The van der Waals surface area contributed by atoms with Crippen molar-refractivity contribution < 1.29 is 14.3 Å². The molecule has 0 radical (unpaired) electrons. The summed E-state index contributed by atoms with van der Waals surface area (Å²) in [7, 11) is 0. The van der Waals surface area contributed by atoms with Crippen LogP contribution in [-0.4, -0.2) is 11.1 Å². The van der Waals surface area contributed by atoms with E-state index in [0.29, 0.717) is 10.2 Å². The fraction of sp³-hybridized carbons (Fsp3) is 0.133. The van der Waals surface area contributed by atoms with Crippen LogP contribution in [0.3, 0.4) is 0 Å². The summed E-state index contributed by atoms with van der Waals surface area (Å²) >= 11 is 6.56. The Morgan fingerprint density at radius 3 is 2.48 bits per heavy atom. The lowest BCUT2D eigenvalue weighted by Crippen LogP contribution is -2.41. The minimum atomic E-state index is -1.59. The highest BCUT2D eigenvalue weighted by atomic mass is 79.9. The lowest BCUT2D eigenvalue weighted by Gasteiger charge is -2.28. The van der Waals surface area contributed by atoms with Crippen LogP contribution in [0.1, 0.15) is 12.5 Å². The molecule has 0 amide bonds. The highest BCUT2D eigenvalue weighted by Crippen LogP contribution is 2.31. The van der Waals surface area contributed by atoms with Crippen LogP contribution in [-0.2, 0) is 10.3 Å². The quantitative estimate of drug-likeness (QED) is 0.755. The Bertz CT molecular complexity index is 693. The SMILES string of the molecule is CC(Nc1cccc(Br)c1)(C(=O)O)c1cc(Br)ccc1F. The van der Waals surface area contributed by atoms with Crippen LogP contribution in [0.2, 0.25) is 0 Å². The molecule has 2 aromatic carbocycles. The summed E-state index contributed by atoms with van der Waals surface area (Å²) in [6, 6.07) is 11.3. The van der Waals surface area contributed by atoms with Crippen molar-refractivity contribution in [3.8, 4) is 0 Å². The first-order valence-electron chi connectivity index (χ1n) is 6.05. The van der Waals surface area contributed by atoms with Gasteiger partial charge in [-0.05, 0) is 43.3 Å². The van der Waals surface area contributed by atoms with Gasteiger partial charge in [-0.1, -0.05) is 37.9 Å². The second kappa shape index (κ2) is 6.15. The van der Waals surface area contributed by atoms with Gasteiger partial charge in [0.2, 0.25) is 0 Å². The fourth-order valence-electron chi connectivity index (χ4n) is 1.97. The van der Waals surface area contributed by atoms with E-state index >= 15 is 0 Å². The summed E-state index contributed by atoms with van der Waals surface area (Å²) in [5.41, 5.74) is -0.952. The molecule has 0 aliphatic heterocycles. The molecule has 6 heteroatoms. The number of hydrogen-bond acceptors (Lipinski definition) is 2. The number of hydrogen-bond donors (Lipinski definition) is 2. The van der Waals surface area contributed by atoms with Gasteiger partial charge >= 0.3 is 5.97 Å². The van der Waals surface area contributed by atoms with Gasteiger partial charge in [-0.3, -0.25) is 0 Å². The number of carboxylic acid groups (broad SMARTS) is 1. The Balaban J connectivity index is 2.50. The molecule has 0 aliphatic rings. The van der Waals surface area contributed by atoms with Gasteiger partial charge in [-0.25, -0.2) is 9.18 Å². The second-order valence-corrected chi connectivity index (χ2v) is 6.52. The van der Waals surface area contributed by atoms with Crippen molar-refractivity contribution in [1.29, 1.82) is 0 Å². The molecule has 1 unspecified atom stereocenters. The number of carboxylic acids is 1. The van der Waals surface area contributed by atoms with Crippen molar-refractivity contribution in [2.75, 3.05) is 5.32 Å². The summed E-state index contributed by atoms with van der Waals surface area (Å²) in [6.45, 7) is 1.43. The van der Waals surface area contributed by atoms with E-state index < -0.39 is 17.3 Å². The largest absolute Gasteiger partial charge is 0.479 e. The average Bonchev–Trinajstić information content (AvgIpc) is 2.41. The summed E-state index contributed by atoms with van der Waals surface area (Å²) in [4.78, 5) is 11.7. The van der Waals surface area contributed by atoms with Crippen LogP contribution >= 0.6 is 31.9 Å². The van der Waals surface area contributed by atoms with Crippen molar-refractivity contribution in [2.24, 2.45) is 0 Å². The average molecular weight is 417 g/mol. The van der Waals surface area contributed by atoms with Gasteiger partial charge in [0.15, 0.2) is 5.54 Å². The molecule has 0 heterocycles. The molecule has 0 saturated heterocycles. The third-order valence-corrected chi connectivity index (χ3v) is 4.10. The summed E-state index contributed by atoms with van der Waals surface area (Å²) < 4.78 is 15.5. The van der Waals surface area contributed by atoms with Crippen molar-refractivity contribution in [1.82, 2.24) is 0 Å². The number of benzene rings is 2. The van der Waals surface area contributed by atoms with E-state index in [-0.39, 0.29) is 5.56 Å². The van der Waals surface area contributed by atoms with Crippen LogP contribution in [0, 0.1) is 5.82 Å². The van der Waals surface area contributed by atoms with Crippen molar-refractivity contribution in [3.05, 3.63) is 62.8 Å². The van der Waals surface area contributed by atoms with Crippen LogP contribution in [0.15, 0.2) is 51.4 Å². The molecule has 0 aromatic heterocycles. The maximum absolute atomic E-state index is 14.1. The minimum Gasteiger partial charge on any atom is -0.479 e. The van der Waals surface area contributed by atoms with E-state index in [1.54, 1.807) is 18.2 Å². The molecule has 110 valence electrons. The van der Waals surface area contributed by atoms with Gasteiger partial charge < -0.3 is 10.4 Å². The smallest absolute Gasteiger partial charge is 0.333 e. The number of rotatable bonds is 4. The van der Waals surface area contributed by atoms with Crippen LogP contribution in [0.5, 0.6) is 0 Å². The van der Waals surface area contributed by atoms with E-state index in [1.165, 1.54) is 25.1 Å². The van der Waals surface area contributed by atoms with Gasteiger partial charge in [0.25, 0.3) is 0 Å². The Hall–Kier alpha value is -1.40. The normalized spacial score (nSPS) is 13.5. The Labute approximate surface area is 138 Å². The molecule has 0 saturated carbocycles. The van der Waals surface area contributed by atoms with Gasteiger partial charge in [0.1, 0.15) is 5.82 Å². The molecule has 2 rings (SSSR count). The lowest BCUT2D eigenvalue weighted by molar-refractivity contribution is -0.142. The van der Waals surface area contributed by atoms with Crippen molar-refractivity contribution in [3.63, 3.8) is 0 Å². The molecular weight excluding hydrogens is 405 g/mol. The molecule has 0 aliphatic carbocycles. The molecule has 0 spiro atoms. The first-order valence-corrected chi connectivity index (χ1v) is 7.64. The third kappa shape index (κ3) is 3.44. The monoisotopic (exact) mass is 415 g/mol. The first-order chi connectivity index (χ1) is 9.83. The zero-order valence-corrected chi connectivity index (χ0v) is 14.2. The lowest BCUT2D eigenvalue weighted by atomic mass is 9.91. The predicted molar refractivity (Wildman–Crippen MR) is 86.9 cm³/mol. The van der Waals surface area contributed by atoms with Gasteiger partial charge in [-0.15, -0.1) is 0 Å². The zero-order valence-electron chi connectivity index (χ0n) is 11.0. The summed E-state index contributed by atoms with van der Waals surface area (Å²) in [6.07, 6.45) is 0. The Morgan fingerprint density at radius 2 is 1.86 bits per heavy atom. The summed E-state index contributed by atoms with van der Waals surface area (Å²) in [5.74, 6) is -1.75. The predicted octanol–water partition coefficient (Wildman–Crippen LogP) is 4.76. The van der Waals surface area contributed by atoms with Crippen molar-refractivity contribution in [2.45, 2.75) is 12.5 Å². The Morgan fingerprint density at radius 1 is 1.19 bits per heavy atom. The number of carbonyl (C=O) groups is 1. The topological polar surface area (TPSA) is 49.3 Å². The molecule has 21 heavy (non-hydrogen) atoms. The Kier molecular flexibility index (Phi) is 4.68. The highest BCUT2D eigenvalue weighted by molar-refractivity contribution is 9.10. The molecule has 3 nitrogen and oxygen atoms in total. The van der Waals surface area contributed by atoms with E-state index in [1.807, 2.05) is 6.07 Å². The first kappa shape index (κ1) is 16.0. The van der Waals surface area contributed by atoms with Gasteiger partial charge in [-0.2, -0.15) is 0 Å². The fourth-order valence-corrected chi connectivity index (χ4v) is 2.73. The molecule has 0 bridgehead atoms. The van der Waals surface area contributed by atoms with E-state index in [2.05, 4.69) is 37.2 Å². The van der Waals surface area contributed by atoms with Crippen LogP contribution in [0.25, 0.3) is 0 Å². The van der Waals surface area contributed by atoms with Gasteiger partial charge in [0.05, 0.1) is 0 Å². The zero-order chi connectivity index (χ0) is 15.6. The number of aliphatic carboxylic acids is 1. The number of halogens is 3. The number of anilines is 1. The maximum atomic E-state index is 14.1. The maximum Gasteiger partial charge on any atom is 0.333 e. The molecule has 2 N–H and O–H groups in total. The molecule has 1 atom stereocenters. The van der Waals surface area contributed by atoms with Crippen molar-refractivity contribution >= 4 is 43.5 Å². The molecule has 2 aromatic rings. The highest BCUT2D eigenvalue weighted by Gasteiger charge is 2.37. The van der Waals surface area contributed by atoms with E-state index in [0.717, 1.165) is 4.47 Å². The molecule has 0 fully saturated rings. The minimum absolute atomic E-state index is 0.0596. The third-order valence-electron chi connectivity index (χ3n) is 3.11. The van der Waals surface area contributed by atoms with Crippen LogP contribution < -0.4 is 5.32 Å². The van der Waals surface area contributed by atoms with Crippen LogP contribution in [0.4, 0.5) is 10.1 Å².